The van der Waals surface area contributed by atoms with Gasteiger partial charge < -0.3 is 14.3 Å². The zero-order valence-corrected chi connectivity index (χ0v) is 18.1. The number of rotatable bonds is 6. The molecule has 1 aliphatic heterocycles. The van der Waals surface area contributed by atoms with E-state index in [1.165, 1.54) is 6.42 Å². The standard InChI is InChI=1S/C26H29N3O2/c1-19-10-6-7-13-22(19)25(30)29(21-14-15-21)18-23-24(20-11-4-2-5-12-20)27-31-26(23)28-16-8-3-9-17-28/h2,4-7,10-13,21H,3,8-9,14-18H2,1H3. The van der Waals surface area contributed by atoms with Crippen molar-refractivity contribution in [3.63, 3.8) is 0 Å². The maximum Gasteiger partial charge on any atom is 0.254 e. The average molecular weight is 416 g/mol. The number of piperidine rings is 1. The minimum Gasteiger partial charge on any atom is -0.340 e. The first-order valence-electron chi connectivity index (χ1n) is 11.4. The number of amides is 1. The summed E-state index contributed by atoms with van der Waals surface area (Å²) < 4.78 is 5.94. The molecule has 0 atom stereocenters. The Morgan fingerprint density at radius 1 is 1.03 bits per heavy atom. The van der Waals surface area contributed by atoms with Crippen molar-refractivity contribution >= 4 is 11.8 Å². The molecule has 5 rings (SSSR count). The molecular weight excluding hydrogens is 386 g/mol. The third kappa shape index (κ3) is 4.09. The van der Waals surface area contributed by atoms with E-state index in [1.54, 1.807) is 0 Å². The van der Waals surface area contributed by atoms with Gasteiger partial charge in [0.05, 0.1) is 12.1 Å². The molecule has 1 amide bonds. The van der Waals surface area contributed by atoms with Gasteiger partial charge in [-0.3, -0.25) is 4.79 Å². The highest BCUT2D eigenvalue weighted by Gasteiger charge is 2.36. The Kier molecular flexibility index (Phi) is 5.49. The smallest absolute Gasteiger partial charge is 0.254 e. The van der Waals surface area contributed by atoms with Crippen molar-refractivity contribution in [2.75, 3.05) is 18.0 Å². The van der Waals surface area contributed by atoms with Crippen molar-refractivity contribution < 1.29 is 9.32 Å². The molecule has 1 aliphatic carbocycles. The molecule has 1 saturated carbocycles. The number of benzene rings is 2. The summed E-state index contributed by atoms with van der Waals surface area (Å²) in [6.45, 7) is 4.49. The summed E-state index contributed by atoms with van der Waals surface area (Å²) in [5.41, 5.74) is 4.71. The topological polar surface area (TPSA) is 49.6 Å². The molecule has 0 spiro atoms. The number of hydrogen-bond acceptors (Lipinski definition) is 4. The molecule has 31 heavy (non-hydrogen) atoms. The highest BCUT2D eigenvalue weighted by molar-refractivity contribution is 5.96. The first-order valence-corrected chi connectivity index (χ1v) is 11.4. The Labute approximate surface area is 183 Å². The van der Waals surface area contributed by atoms with E-state index in [4.69, 9.17) is 4.52 Å². The van der Waals surface area contributed by atoms with Crippen LogP contribution in [-0.2, 0) is 6.54 Å². The molecule has 1 aromatic heterocycles. The van der Waals surface area contributed by atoms with Gasteiger partial charge in [-0.05, 0) is 50.7 Å². The summed E-state index contributed by atoms with van der Waals surface area (Å²) in [6.07, 6.45) is 5.70. The van der Waals surface area contributed by atoms with Crippen molar-refractivity contribution in [3.8, 4) is 11.3 Å². The largest absolute Gasteiger partial charge is 0.340 e. The summed E-state index contributed by atoms with van der Waals surface area (Å²) in [7, 11) is 0. The Morgan fingerprint density at radius 2 is 1.74 bits per heavy atom. The molecule has 0 bridgehead atoms. The number of nitrogens with zero attached hydrogens (tertiary/aromatic N) is 3. The summed E-state index contributed by atoms with van der Waals surface area (Å²) in [4.78, 5) is 17.9. The molecule has 5 nitrogen and oxygen atoms in total. The van der Waals surface area contributed by atoms with Crippen LogP contribution in [0.25, 0.3) is 11.3 Å². The van der Waals surface area contributed by atoms with Gasteiger partial charge in [0.2, 0.25) is 5.88 Å². The van der Waals surface area contributed by atoms with E-state index in [0.717, 1.165) is 72.6 Å². The van der Waals surface area contributed by atoms with Crippen LogP contribution >= 0.6 is 0 Å². The van der Waals surface area contributed by atoms with Gasteiger partial charge in [0.1, 0.15) is 5.69 Å². The lowest BCUT2D eigenvalue weighted by Crippen LogP contribution is -2.35. The van der Waals surface area contributed by atoms with Crippen LogP contribution < -0.4 is 4.90 Å². The van der Waals surface area contributed by atoms with Gasteiger partial charge >= 0.3 is 0 Å². The quantitative estimate of drug-likeness (QED) is 0.537. The summed E-state index contributed by atoms with van der Waals surface area (Å²) in [5, 5.41) is 4.49. The zero-order chi connectivity index (χ0) is 21.2. The Balaban J connectivity index is 1.53. The molecule has 0 N–H and O–H groups in total. The van der Waals surface area contributed by atoms with Gasteiger partial charge in [0.25, 0.3) is 5.91 Å². The van der Waals surface area contributed by atoms with Crippen LogP contribution in [0.15, 0.2) is 59.1 Å². The lowest BCUT2D eigenvalue weighted by molar-refractivity contribution is 0.0729. The maximum atomic E-state index is 13.6. The van der Waals surface area contributed by atoms with E-state index >= 15 is 0 Å². The number of anilines is 1. The van der Waals surface area contributed by atoms with E-state index in [1.807, 2.05) is 54.3 Å². The van der Waals surface area contributed by atoms with Crippen LogP contribution in [0.5, 0.6) is 0 Å². The first-order chi connectivity index (χ1) is 15.2. The maximum absolute atomic E-state index is 13.6. The number of aromatic nitrogens is 1. The lowest BCUT2D eigenvalue weighted by atomic mass is 10.0. The molecule has 2 aliphatic rings. The molecule has 2 aromatic carbocycles. The molecule has 3 aromatic rings. The first kappa shape index (κ1) is 19.9. The van der Waals surface area contributed by atoms with Crippen molar-refractivity contribution in [2.24, 2.45) is 0 Å². The van der Waals surface area contributed by atoms with E-state index in [-0.39, 0.29) is 5.91 Å². The van der Waals surface area contributed by atoms with E-state index in [2.05, 4.69) is 22.2 Å². The second-order valence-electron chi connectivity index (χ2n) is 8.71. The Bertz CT molecular complexity index is 1050. The van der Waals surface area contributed by atoms with E-state index in [0.29, 0.717) is 12.6 Å². The SMILES string of the molecule is Cc1ccccc1C(=O)N(Cc1c(-c2ccccc2)noc1N1CCCCC1)C1CC1. The van der Waals surface area contributed by atoms with Crippen LogP contribution in [0.3, 0.4) is 0 Å². The minimum atomic E-state index is 0.102. The molecule has 2 fully saturated rings. The van der Waals surface area contributed by atoms with Crippen molar-refractivity contribution in [3.05, 3.63) is 71.3 Å². The van der Waals surface area contributed by atoms with Crippen molar-refractivity contribution in [1.82, 2.24) is 10.1 Å². The Hall–Kier alpha value is -3.08. The summed E-state index contributed by atoms with van der Waals surface area (Å²) >= 11 is 0. The highest BCUT2D eigenvalue weighted by atomic mass is 16.5. The predicted octanol–water partition coefficient (Wildman–Crippen LogP) is 5.45. The third-order valence-electron chi connectivity index (χ3n) is 6.41. The second-order valence-corrected chi connectivity index (χ2v) is 8.71. The van der Waals surface area contributed by atoms with Crippen LogP contribution in [0.4, 0.5) is 5.88 Å². The molecule has 2 heterocycles. The van der Waals surface area contributed by atoms with Gasteiger partial charge in [-0.1, -0.05) is 53.7 Å². The summed E-state index contributed by atoms with van der Waals surface area (Å²) in [6, 6.07) is 18.3. The van der Waals surface area contributed by atoms with E-state index in [9.17, 15) is 4.79 Å². The molecule has 0 unspecified atom stereocenters. The molecule has 160 valence electrons. The summed E-state index contributed by atoms with van der Waals surface area (Å²) in [5.74, 6) is 0.937. The fourth-order valence-electron chi connectivity index (χ4n) is 4.50. The monoisotopic (exact) mass is 415 g/mol. The lowest BCUT2D eigenvalue weighted by Gasteiger charge is -2.28. The van der Waals surface area contributed by atoms with E-state index < -0.39 is 0 Å². The van der Waals surface area contributed by atoms with Crippen LogP contribution in [0, 0.1) is 6.92 Å². The predicted molar refractivity (Wildman–Crippen MR) is 122 cm³/mol. The Morgan fingerprint density at radius 3 is 2.45 bits per heavy atom. The van der Waals surface area contributed by atoms with Gasteiger partial charge in [0, 0.05) is 30.3 Å². The number of aryl methyl sites for hydroxylation is 1. The normalized spacial score (nSPS) is 16.4. The third-order valence-corrected chi connectivity index (χ3v) is 6.41. The molecule has 5 heteroatoms. The van der Waals surface area contributed by atoms with Crippen LogP contribution in [-0.4, -0.2) is 35.1 Å². The van der Waals surface area contributed by atoms with Gasteiger partial charge in [-0.15, -0.1) is 0 Å². The van der Waals surface area contributed by atoms with Crippen LogP contribution in [0.1, 0.15) is 53.6 Å². The number of carbonyl (C=O) groups excluding carboxylic acids is 1. The van der Waals surface area contributed by atoms with Crippen molar-refractivity contribution in [1.29, 1.82) is 0 Å². The highest BCUT2D eigenvalue weighted by Crippen LogP contribution is 2.37. The molecular formula is C26H29N3O2. The van der Waals surface area contributed by atoms with Gasteiger partial charge in [0.15, 0.2) is 0 Å². The number of carbonyl (C=O) groups is 1. The second kappa shape index (κ2) is 8.58. The molecule has 0 radical (unpaired) electrons. The fourth-order valence-corrected chi connectivity index (χ4v) is 4.50. The van der Waals surface area contributed by atoms with Crippen LogP contribution in [0.2, 0.25) is 0 Å². The fraction of sp³-hybridized carbons (Fsp3) is 0.385. The minimum absolute atomic E-state index is 0.102. The number of hydrogen-bond donors (Lipinski definition) is 0. The zero-order valence-electron chi connectivity index (χ0n) is 18.1. The molecule has 1 saturated heterocycles. The van der Waals surface area contributed by atoms with Gasteiger partial charge in [-0.2, -0.15) is 0 Å². The van der Waals surface area contributed by atoms with Gasteiger partial charge in [-0.25, -0.2) is 0 Å². The average Bonchev–Trinajstić information content (AvgIpc) is 3.57. The van der Waals surface area contributed by atoms with Crippen molar-refractivity contribution in [2.45, 2.75) is 51.6 Å².